The fourth-order valence-electron chi connectivity index (χ4n) is 2.41. The summed E-state index contributed by atoms with van der Waals surface area (Å²) >= 11 is 1.48. The van der Waals surface area contributed by atoms with E-state index in [0.717, 1.165) is 17.0 Å². The van der Waals surface area contributed by atoms with Gasteiger partial charge in [0.15, 0.2) is 5.37 Å². The Kier molecular flexibility index (Phi) is 2.78. The number of carbonyl (C=O) groups is 2. The zero-order chi connectivity index (χ0) is 12.7. The first-order valence-electron chi connectivity index (χ1n) is 6.09. The molecule has 0 radical (unpaired) electrons. The Balaban J connectivity index is 1.95. The van der Waals surface area contributed by atoms with Crippen LogP contribution in [-0.2, 0) is 9.59 Å². The number of nitrogens with zero attached hydrogens (tertiary/aromatic N) is 2. The summed E-state index contributed by atoms with van der Waals surface area (Å²) in [5.41, 5.74) is 0.877. The first-order chi connectivity index (χ1) is 8.72. The van der Waals surface area contributed by atoms with Crippen LogP contribution < -0.4 is 4.90 Å². The average molecular weight is 262 g/mol. The molecule has 4 nitrogen and oxygen atoms in total. The Morgan fingerprint density at radius 2 is 2.11 bits per heavy atom. The molecule has 1 unspecified atom stereocenters. The van der Waals surface area contributed by atoms with Crippen molar-refractivity contribution in [3.8, 4) is 0 Å². The highest BCUT2D eigenvalue weighted by Crippen LogP contribution is 2.45. The molecule has 1 aromatic carbocycles. The molecule has 2 heterocycles. The molecule has 1 atom stereocenters. The second-order valence-electron chi connectivity index (χ2n) is 4.46. The van der Waals surface area contributed by atoms with Crippen LogP contribution in [-0.4, -0.2) is 35.2 Å². The maximum atomic E-state index is 12.3. The number of amides is 2. The predicted octanol–water partition coefficient (Wildman–Crippen LogP) is 1.70. The highest BCUT2D eigenvalue weighted by Gasteiger charge is 2.45. The third kappa shape index (κ3) is 1.61. The van der Waals surface area contributed by atoms with Gasteiger partial charge >= 0.3 is 0 Å². The Bertz CT molecular complexity index is 517. The van der Waals surface area contributed by atoms with Crippen molar-refractivity contribution < 1.29 is 9.59 Å². The van der Waals surface area contributed by atoms with Crippen molar-refractivity contribution in [1.29, 1.82) is 0 Å². The number of carbonyl (C=O) groups excluding carboxylic acids is 2. The number of benzene rings is 1. The van der Waals surface area contributed by atoms with E-state index in [-0.39, 0.29) is 18.4 Å². The molecule has 2 amide bonds. The maximum absolute atomic E-state index is 12.3. The monoisotopic (exact) mass is 262 g/mol. The molecule has 1 fully saturated rings. The zero-order valence-corrected chi connectivity index (χ0v) is 10.9. The van der Waals surface area contributed by atoms with Crippen LogP contribution in [0.3, 0.4) is 0 Å². The van der Waals surface area contributed by atoms with Gasteiger partial charge in [-0.3, -0.25) is 14.5 Å². The number of piperazine rings is 1. The lowest BCUT2D eigenvalue weighted by Crippen LogP contribution is -2.57. The van der Waals surface area contributed by atoms with E-state index >= 15 is 0 Å². The fraction of sp³-hybridized carbons (Fsp3) is 0.385. The van der Waals surface area contributed by atoms with E-state index < -0.39 is 5.37 Å². The molecule has 1 saturated heterocycles. The molecule has 18 heavy (non-hydrogen) atoms. The molecule has 2 aliphatic rings. The van der Waals surface area contributed by atoms with E-state index in [0.29, 0.717) is 6.54 Å². The quantitative estimate of drug-likeness (QED) is 0.814. The van der Waals surface area contributed by atoms with Crippen LogP contribution in [0.1, 0.15) is 13.3 Å². The minimum absolute atomic E-state index is 0.0190. The predicted molar refractivity (Wildman–Crippen MR) is 70.4 cm³/mol. The maximum Gasteiger partial charge on any atom is 0.257 e. The van der Waals surface area contributed by atoms with Gasteiger partial charge in [-0.05, 0) is 18.6 Å². The molecule has 5 heteroatoms. The normalized spacial score (nSPS) is 22.2. The lowest BCUT2D eigenvalue weighted by molar-refractivity contribution is -0.139. The minimum Gasteiger partial charge on any atom is -0.331 e. The molecule has 0 spiro atoms. The standard InChI is InChI=1S/C13H14N2O2S/c1-2-7-14-8-11(16)15-9-5-3-4-6-10(9)18-13(15)12(14)17/h3-6,13H,2,7-8H2,1H3. The molecular weight excluding hydrogens is 248 g/mol. The summed E-state index contributed by atoms with van der Waals surface area (Å²) in [4.78, 5) is 28.8. The van der Waals surface area contributed by atoms with E-state index in [4.69, 9.17) is 0 Å². The number of hydrogen-bond donors (Lipinski definition) is 0. The highest BCUT2D eigenvalue weighted by molar-refractivity contribution is 8.01. The van der Waals surface area contributed by atoms with Gasteiger partial charge in [0.25, 0.3) is 5.91 Å². The van der Waals surface area contributed by atoms with Crippen molar-refractivity contribution in [3.05, 3.63) is 24.3 Å². The number of fused-ring (bicyclic) bond motifs is 3. The van der Waals surface area contributed by atoms with Crippen LogP contribution in [0.4, 0.5) is 5.69 Å². The van der Waals surface area contributed by atoms with Crippen LogP contribution in [0.5, 0.6) is 0 Å². The Labute approximate surface area is 110 Å². The largest absolute Gasteiger partial charge is 0.331 e. The fourth-order valence-corrected chi connectivity index (χ4v) is 3.69. The van der Waals surface area contributed by atoms with Gasteiger partial charge in [-0.15, -0.1) is 0 Å². The van der Waals surface area contributed by atoms with Crippen LogP contribution in [0.2, 0.25) is 0 Å². The van der Waals surface area contributed by atoms with Gasteiger partial charge in [0.05, 0.1) is 5.69 Å². The second kappa shape index (κ2) is 4.31. The summed E-state index contributed by atoms with van der Waals surface area (Å²) in [6, 6.07) is 7.70. The number of para-hydroxylation sites is 1. The van der Waals surface area contributed by atoms with Crippen molar-refractivity contribution in [2.75, 3.05) is 18.0 Å². The number of anilines is 1. The highest BCUT2D eigenvalue weighted by atomic mass is 32.2. The van der Waals surface area contributed by atoms with E-state index in [1.807, 2.05) is 31.2 Å². The van der Waals surface area contributed by atoms with Crippen LogP contribution in [0.25, 0.3) is 0 Å². The SMILES string of the molecule is CCCN1CC(=O)N2c3ccccc3SC2C1=O. The minimum atomic E-state index is -0.393. The third-order valence-electron chi connectivity index (χ3n) is 3.21. The molecule has 0 N–H and O–H groups in total. The van der Waals surface area contributed by atoms with Gasteiger partial charge in [0, 0.05) is 11.4 Å². The van der Waals surface area contributed by atoms with Gasteiger partial charge in [-0.2, -0.15) is 0 Å². The molecule has 94 valence electrons. The molecule has 1 aromatic rings. The third-order valence-corrected chi connectivity index (χ3v) is 4.44. The number of hydrogen-bond acceptors (Lipinski definition) is 3. The second-order valence-corrected chi connectivity index (χ2v) is 5.58. The summed E-state index contributed by atoms with van der Waals surface area (Å²) in [6.45, 7) is 2.88. The first-order valence-corrected chi connectivity index (χ1v) is 6.97. The van der Waals surface area contributed by atoms with Crippen LogP contribution in [0, 0.1) is 0 Å². The summed E-state index contributed by atoms with van der Waals surface area (Å²) in [6.07, 6.45) is 0.878. The topological polar surface area (TPSA) is 40.6 Å². The molecule has 0 aromatic heterocycles. The van der Waals surface area contributed by atoms with Crippen molar-refractivity contribution in [1.82, 2.24) is 4.90 Å². The summed E-state index contributed by atoms with van der Waals surface area (Å²) < 4.78 is 0. The lowest BCUT2D eigenvalue weighted by Gasteiger charge is -2.35. The van der Waals surface area contributed by atoms with E-state index in [9.17, 15) is 9.59 Å². The van der Waals surface area contributed by atoms with Crippen molar-refractivity contribution in [3.63, 3.8) is 0 Å². The van der Waals surface area contributed by atoms with Crippen molar-refractivity contribution in [2.45, 2.75) is 23.6 Å². The van der Waals surface area contributed by atoms with Crippen molar-refractivity contribution >= 4 is 29.3 Å². The smallest absolute Gasteiger partial charge is 0.257 e. The van der Waals surface area contributed by atoms with E-state index in [1.165, 1.54) is 11.8 Å². The van der Waals surface area contributed by atoms with Crippen LogP contribution in [0.15, 0.2) is 29.2 Å². The molecule has 3 rings (SSSR count). The molecule has 0 aliphatic carbocycles. The van der Waals surface area contributed by atoms with Gasteiger partial charge in [-0.1, -0.05) is 30.8 Å². The van der Waals surface area contributed by atoms with E-state index in [1.54, 1.807) is 9.80 Å². The average Bonchev–Trinajstić information content (AvgIpc) is 2.76. The number of thioether (sulfide) groups is 1. The van der Waals surface area contributed by atoms with E-state index in [2.05, 4.69) is 0 Å². The Hall–Kier alpha value is -1.49. The lowest BCUT2D eigenvalue weighted by atomic mass is 10.2. The Morgan fingerprint density at radius 3 is 2.89 bits per heavy atom. The molecular formula is C13H14N2O2S. The van der Waals surface area contributed by atoms with Gasteiger partial charge < -0.3 is 4.90 Å². The number of rotatable bonds is 2. The van der Waals surface area contributed by atoms with Gasteiger partial charge in [0.1, 0.15) is 6.54 Å². The Morgan fingerprint density at radius 1 is 1.33 bits per heavy atom. The van der Waals surface area contributed by atoms with Crippen molar-refractivity contribution in [2.24, 2.45) is 0 Å². The summed E-state index contributed by atoms with van der Waals surface area (Å²) in [5.74, 6) is 0.0724. The zero-order valence-electron chi connectivity index (χ0n) is 10.1. The van der Waals surface area contributed by atoms with Crippen LogP contribution >= 0.6 is 11.8 Å². The first kappa shape index (κ1) is 11.6. The summed E-state index contributed by atoms with van der Waals surface area (Å²) in [5, 5.41) is -0.393. The summed E-state index contributed by atoms with van der Waals surface area (Å²) in [7, 11) is 0. The molecule has 0 saturated carbocycles. The molecule has 2 aliphatic heterocycles. The van der Waals surface area contributed by atoms with Gasteiger partial charge in [-0.25, -0.2) is 0 Å². The molecule has 0 bridgehead atoms. The van der Waals surface area contributed by atoms with Gasteiger partial charge in [0.2, 0.25) is 5.91 Å².